The second-order valence-corrected chi connectivity index (χ2v) is 12.0. The van der Waals surface area contributed by atoms with E-state index in [0.717, 1.165) is 5.56 Å². The predicted molar refractivity (Wildman–Crippen MR) is 163 cm³/mol. The molecule has 2 amide bonds. The number of nitrogens with zero attached hydrogens (tertiary/aromatic N) is 3. The summed E-state index contributed by atoms with van der Waals surface area (Å²) in [7, 11) is 0. The van der Waals surface area contributed by atoms with Crippen molar-refractivity contribution >= 4 is 66.8 Å². The Hall–Kier alpha value is -4.86. The van der Waals surface area contributed by atoms with E-state index in [2.05, 4.69) is 0 Å². The van der Waals surface area contributed by atoms with Crippen LogP contribution in [0.15, 0.2) is 94.1 Å². The summed E-state index contributed by atoms with van der Waals surface area (Å²) in [6.07, 6.45) is 0. The lowest BCUT2D eigenvalue weighted by atomic mass is 9.84. The number of hydrogen-bond acceptors (Lipinski definition) is 6. The molecule has 4 aromatic carbocycles. The van der Waals surface area contributed by atoms with Gasteiger partial charge in [-0.1, -0.05) is 71.0 Å². The Bertz CT molecular complexity index is 2260. The number of carbonyl (C=O) groups excluding carboxylic acids is 2. The molecule has 1 unspecified atom stereocenters. The zero-order chi connectivity index (χ0) is 29.6. The van der Waals surface area contributed by atoms with E-state index in [0.29, 0.717) is 26.5 Å². The number of halogens is 2. The fourth-order valence-corrected chi connectivity index (χ4v) is 7.51. The van der Waals surface area contributed by atoms with Crippen LogP contribution >= 0.6 is 22.9 Å². The predicted octanol–water partition coefficient (Wildman–Crippen LogP) is 6.95. The molecule has 1 atom stereocenters. The smallest absolute Gasteiger partial charge is 0.297 e. The van der Waals surface area contributed by atoms with E-state index in [1.165, 1.54) is 27.2 Å². The average molecular weight is 608 g/mol. The molecule has 0 saturated heterocycles. The number of aromatic nitrogens is 1. The Morgan fingerprint density at radius 3 is 2.60 bits per heavy atom. The normalized spacial score (nSPS) is 17.5. The number of hydrogen-bond donors (Lipinski definition) is 0. The molecule has 0 fully saturated rings. The minimum Gasteiger partial charge on any atom is -0.450 e. The largest absolute Gasteiger partial charge is 0.450 e. The summed E-state index contributed by atoms with van der Waals surface area (Å²) in [5.74, 6) is -1.96. The summed E-state index contributed by atoms with van der Waals surface area (Å²) in [5.41, 5.74) is 0.256. The number of carbonyl (C=O) groups is 2. The molecular weight excluding hydrogens is 589 g/mol. The summed E-state index contributed by atoms with van der Waals surface area (Å²) in [5, 5.41) is 0.941. The van der Waals surface area contributed by atoms with E-state index in [4.69, 9.17) is 21.0 Å². The second kappa shape index (κ2) is 9.07. The maximum atomic E-state index is 15.0. The minimum absolute atomic E-state index is 0.0821. The first kappa shape index (κ1) is 25.8. The van der Waals surface area contributed by atoms with Gasteiger partial charge < -0.3 is 9.32 Å². The van der Waals surface area contributed by atoms with Gasteiger partial charge in [-0.05, 0) is 49.4 Å². The Morgan fingerprint density at radius 2 is 1.77 bits per heavy atom. The zero-order valence-electron chi connectivity index (χ0n) is 22.4. The molecular formula is C33H19ClFN3O4S. The van der Waals surface area contributed by atoms with Crippen molar-refractivity contribution in [3.8, 4) is 0 Å². The maximum Gasteiger partial charge on any atom is 0.297 e. The van der Waals surface area contributed by atoms with Gasteiger partial charge >= 0.3 is 0 Å². The van der Waals surface area contributed by atoms with Gasteiger partial charge in [-0.3, -0.25) is 19.3 Å². The standard InChI is InChI=1S/C33H19ClFN3O4S/c1-17-10-13-25-20(14-17)28(39)27-29(42-25)30(40)38(32-36-23-12-11-19(34)15-26(23)43-32)33(27)21-7-3-5-9-24(21)37(31(33)41)16-18-6-2-4-8-22(18)35/h2-15H,16H2,1H3. The number of benzene rings is 4. The monoisotopic (exact) mass is 607 g/mol. The Morgan fingerprint density at radius 1 is 0.977 bits per heavy atom. The summed E-state index contributed by atoms with van der Waals surface area (Å²) in [6.45, 7) is 1.73. The number of amides is 2. The van der Waals surface area contributed by atoms with E-state index in [9.17, 15) is 14.0 Å². The Labute approximate surface area is 252 Å². The molecule has 7 nitrogen and oxygen atoms in total. The van der Waals surface area contributed by atoms with Crippen molar-refractivity contribution in [1.29, 1.82) is 0 Å². The quantitative estimate of drug-likeness (QED) is 0.217. The topological polar surface area (TPSA) is 83.7 Å². The van der Waals surface area contributed by atoms with Gasteiger partial charge in [-0.2, -0.15) is 0 Å². The Kier molecular flexibility index (Phi) is 5.44. The zero-order valence-corrected chi connectivity index (χ0v) is 24.0. The number of anilines is 2. The molecule has 0 radical (unpaired) electrons. The molecule has 43 heavy (non-hydrogen) atoms. The van der Waals surface area contributed by atoms with Crippen molar-refractivity contribution in [2.45, 2.75) is 19.0 Å². The van der Waals surface area contributed by atoms with Gasteiger partial charge in [0, 0.05) is 16.1 Å². The lowest BCUT2D eigenvalue weighted by Crippen LogP contribution is -2.53. The van der Waals surface area contributed by atoms with Crippen molar-refractivity contribution < 1.29 is 18.4 Å². The van der Waals surface area contributed by atoms with Crippen LogP contribution in [0, 0.1) is 12.7 Å². The van der Waals surface area contributed by atoms with Crippen molar-refractivity contribution in [1.82, 2.24) is 4.98 Å². The van der Waals surface area contributed by atoms with E-state index in [-0.39, 0.29) is 39.5 Å². The fourth-order valence-electron chi connectivity index (χ4n) is 6.21. The van der Waals surface area contributed by atoms with E-state index < -0.39 is 28.6 Å². The first-order valence-electron chi connectivity index (χ1n) is 13.4. The Balaban J connectivity index is 1.46. The molecule has 0 saturated carbocycles. The molecule has 6 aromatic rings. The van der Waals surface area contributed by atoms with Crippen LogP contribution in [0.4, 0.5) is 15.2 Å². The van der Waals surface area contributed by atoms with Crippen LogP contribution in [-0.2, 0) is 16.9 Å². The van der Waals surface area contributed by atoms with Crippen molar-refractivity contribution in [2.75, 3.05) is 9.80 Å². The second-order valence-electron chi connectivity index (χ2n) is 10.6. The maximum absolute atomic E-state index is 15.0. The van der Waals surface area contributed by atoms with Gasteiger partial charge in [0.2, 0.25) is 5.76 Å². The van der Waals surface area contributed by atoms with Crippen molar-refractivity contribution in [3.63, 3.8) is 0 Å². The van der Waals surface area contributed by atoms with Crippen LogP contribution in [0.25, 0.3) is 21.2 Å². The fraction of sp³-hybridized carbons (Fsp3) is 0.0909. The van der Waals surface area contributed by atoms with Gasteiger partial charge in [0.05, 0.1) is 33.4 Å². The summed E-state index contributed by atoms with van der Waals surface area (Å²) in [4.78, 5) is 51.3. The average Bonchev–Trinajstić information content (AvgIpc) is 3.60. The first-order chi connectivity index (χ1) is 20.8. The highest BCUT2D eigenvalue weighted by atomic mass is 35.5. The number of aryl methyl sites for hydroxylation is 1. The lowest BCUT2D eigenvalue weighted by molar-refractivity contribution is -0.121. The number of para-hydroxylation sites is 1. The third kappa shape index (κ3) is 3.46. The molecule has 0 N–H and O–H groups in total. The number of fused-ring (bicyclic) bond motifs is 6. The summed E-state index contributed by atoms with van der Waals surface area (Å²) < 4.78 is 21.7. The molecule has 0 bridgehead atoms. The van der Waals surface area contributed by atoms with E-state index >= 15 is 4.79 Å². The third-order valence-corrected chi connectivity index (χ3v) is 9.33. The van der Waals surface area contributed by atoms with Gasteiger partial charge in [0.15, 0.2) is 16.1 Å². The number of rotatable bonds is 3. The highest BCUT2D eigenvalue weighted by molar-refractivity contribution is 7.22. The molecule has 2 aromatic heterocycles. The van der Waals surface area contributed by atoms with Gasteiger partial charge in [0.25, 0.3) is 11.8 Å². The minimum atomic E-state index is -1.94. The van der Waals surface area contributed by atoms with Gasteiger partial charge in [-0.25, -0.2) is 9.37 Å². The molecule has 1 spiro atoms. The molecule has 2 aliphatic rings. The molecule has 2 aliphatic heterocycles. The molecule has 0 aliphatic carbocycles. The van der Waals surface area contributed by atoms with Gasteiger partial charge in [0.1, 0.15) is 11.4 Å². The van der Waals surface area contributed by atoms with Crippen LogP contribution in [0.5, 0.6) is 0 Å². The molecule has 4 heterocycles. The van der Waals surface area contributed by atoms with Gasteiger partial charge in [-0.15, -0.1) is 0 Å². The third-order valence-electron chi connectivity index (χ3n) is 8.10. The van der Waals surface area contributed by atoms with Crippen LogP contribution in [0.1, 0.15) is 32.8 Å². The molecule has 8 rings (SSSR count). The van der Waals surface area contributed by atoms with Crippen LogP contribution < -0.4 is 15.2 Å². The highest BCUT2D eigenvalue weighted by Crippen LogP contribution is 2.55. The first-order valence-corrected chi connectivity index (χ1v) is 14.6. The lowest BCUT2D eigenvalue weighted by Gasteiger charge is -2.32. The van der Waals surface area contributed by atoms with Crippen LogP contribution in [-0.4, -0.2) is 16.8 Å². The summed E-state index contributed by atoms with van der Waals surface area (Å²) >= 11 is 7.43. The van der Waals surface area contributed by atoms with E-state index in [1.807, 2.05) is 6.92 Å². The van der Waals surface area contributed by atoms with Crippen molar-refractivity contribution in [3.05, 3.63) is 134 Å². The van der Waals surface area contributed by atoms with Crippen LogP contribution in [0.3, 0.4) is 0 Å². The van der Waals surface area contributed by atoms with Crippen LogP contribution in [0.2, 0.25) is 5.02 Å². The van der Waals surface area contributed by atoms with E-state index in [1.54, 1.807) is 78.9 Å². The highest BCUT2D eigenvalue weighted by Gasteiger charge is 2.66. The molecule has 210 valence electrons. The number of thiazole rings is 1. The molecule has 10 heteroatoms. The summed E-state index contributed by atoms with van der Waals surface area (Å²) in [6, 6.07) is 23.4. The SMILES string of the molecule is Cc1ccc2oc3c(c(=O)c2c1)C1(C(=O)N(Cc2ccccc2F)c2ccccc21)N(c1nc2ccc(Cl)cc2s1)C3=O. The van der Waals surface area contributed by atoms with Crippen molar-refractivity contribution in [2.24, 2.45) is 0 Å².